The van der Waals surface area contributed by atoms with E-state index in [-0.39, 0.29) is 33.2 Å². The Balaban J connectivity index is 2.43. The van der Waals surface area contributed by atoms with E-state index in [0.29, 0.717) is 5.02 Å². The largest absolute Gasteiger partial charge is 0.507 e. The molecular formula is C19H14Cl2O6. The summed E-state index contributed by atoms with van der Waals surface area (Å²) in [6, 6.07) is 6.90. The molecule has 0 saturated carbocycles. The molecule has 27 heavy (non-hydrogen) atoms. The number of hydrogen-bond acceptors (Lipinski definition) is 6. The van der Waals surface area contributed by atoms with Crippen LogP contribution in [0.5, 0.6) is 11.5 Å². The first-order valence-electron chi connectivity index (χ1n) is 7.81. The predicted octanol–water partition coefficient (Wildman–Crippen LogP) is 4.11. The highest BCUT2D eigenvalue weighted by atomic mass is 35.5. The van der Waals surface area contributed by atoms with E-state index >= 15 is 0 Å². The Morgan fingerprint density at radius 1 is 0.852 bits per heavy atom. The number of hydrogen-bond donors (Lipinski definition) is 2. The summed E-state index contributed by atoms with van der Waals surface area (Å²) in [6.07, 6.45) is 0. The predicted molar refractivity (Wildman–Crippen MR) is 100 cm³/mol. The quantitative estimate of drug-likeness (QED) is 0.675. The average molecular weight is 409 g/mol. The molecule has 2 N–H and O–H groups in total. The molecule has 0 fully saturated rings. The van der Waals surface area contributed by atoms with Crippen LogP contribution in [0, 0.1) is 13.8 Å². The van der Waals surface area contributed by atoms with Gasteiger partial charge in [0.1, 0.15) is 23.0 Å². The third kappa shape index (κ3) is 3.59. The lowest BCUT2D eigenvalue weighted by atomic mass is 9.85. The SMILES string of the molecule is Cc1cc(O)c(C(c2ccc(Cl)cc2Cl)c2c(O)cc(C)oc2=O)c(=O)o1. The van der Waals surface area contributed by atoms with Gasteiger partial charge in [-0.2, -0.15) is 0 Å². The molecule has 3 rings (SSSR count). The van der Waals surface area contributed by atoms with Gasteiger partial charge >= 0.3 is 11.3 Å². The Hall–Kier alpha value is -2.70. The highest BCUT2D eigenvalue weighted by Crippen LogP contribution is 2.40. The second kappa shape index (κ2) is 7.13. The molecule has 0 aliphatic carbocycles. The van der Waals surface area contributed by atoms with Crippen LogP contribution in [0.25, 0.3) is 0 Å². The molecule has 0 bridgehead atoms. The molecule has 3 aromatic rings. The van der Waals surface area contributed by atoms with Gasteiger partial charge in [0.2, 0.25) is 0 Å². The second-order valence-corrected chi connectivity index (χ2v) is 6.83. The topological polar surface area (TPSA) is 101 Å². The van der Waals surface area contributed by atoms with Crippen LogP contribution in [0.15, 0.2) is 48.8 Å². The van der Waals surface area contributed by atoms with E-state index in [4.69, 9.17) is 32.0 Å². The minimum atomic E-state index is -1.23. The fourth-order valence-electron chi connectivity index (χ4n) is 2.93. The van der Waals surface area contributed by atoms with Gasteiger partial charge in [0.25, 0.3) is 0 Å². The molecule has 2 heterocycles. The van der Waals surface area contributed by atoms with Gasteiger partial charge in [-0.05, 0) is 31.5 Å². The zero-order valence-electron chi connectivity index (χ0n) is 14.2. The Labute approximate surface area is 163 Å². The van der Waals surface area contributed by atoms with Gasteiger partial charge in [-0.1, -0.05) is 29.3 Å². The summed E-state index contributed by atoms with van der Waals surface area (Å²) in [5.41, 5.74) is -1.99. The van der Waals surface area contributed by atoms with Crippen LogP contribution >= 0.6 is 23.2 Å². The molecule has 0 unspecified atom stereocenters. The van der Waals surface area contributed by atoms with Crippen molar-refractivity contribution in [2.24, 2.45) is 0 Å². The minimum absolute atomic E-state index is 0.131. The van der Waals surface area contributed by atoms with E-state index in [1.807, 2.05) is 0 Å². The van der Waals surface area contributed by atoms with Crippen molar-refractivity contribution in [2.45, 2.75) is 19.8 Å². The number of aromatic hydroxyl groups is 2. The molecule has 0 radical (unpaired) electrons. The highest BCUT2D eigenvalue weighted by molar-refractivity contribution is 6.35. The average Bonchev–Trinajstić information content (AvgIpc) is 2.52. The van der Waals surface area contributed by atoms with Crippen molar-refractivity contribution in [2.75, 3.05) is 0 Å². The molecule has 0 spiro atoms. The van der Waals surface area contributed by atoms with E-state index in [1.165, 1.54) is 44.2 Å². The van der Waals surface area contributed by atoms with Crippen molar-refractivity contribution in [3.8, 4) is 11.5 Å². The van der Waals surface area contributed by atoms with Gasteiger partial charge in [0.15, 0.2) is 0 Å². The summed E-state index contributed by atoms with van der Waals surface area (Å²) in [5.74, 6) is -1.67. The van der Waals surface area contributed by atoms with Crippen molar-refractivity contribution < 1.29 is 19.0 Å². The van der Waals surface area contributed by atoms with E-state index in [0.717, 1.165) is 0 Å². The molecule has 8 heteroatoms. The minimum Gasteiger partial charge on any atom is -0.507 e. The molecular weight excluding hydrogens is 395 g/mol. The smallest absolute Gasteiger partial charge is 0.343 e. The Morgan fingerprint density at radius 3 is 1.74 bits per heavy atom. The molecule has 6 nitrogen and oxygen atoms in total. The maximum absolute atomic E-state index is 12.5. The molecule has 0 atom stereocenters. The van der Waals surface area contributed by atoms with E-state index in [2.05, 4.69) is 0 Å². The Morgan fingerprint density at radius 2 is 1.33 bits per heavy atom. The van der Waals surface area contributed by atoms with Gasteiger partial charge in [0, 0.05) is 22.2 Å². The van der Waals surface area contributed by atoms with E-state index < -0.39 is 28.7 Å². The van der Waals surface area contributed by atoms with Crippen LogP contribution in [-0.2, 0) is 0 Å². The molecule has 1 aromatic carbocycles. The number of aryl methyl sites for hydroxylation is 2. The summed E-state index contributed by atoms with van der Waals surface area (Å²) >= 11 is 12.2. The normalized spacial score (nSPS) is 11.1. The standard InChI is InChI=1S/C19H14Cl2O6/c1-8-5-13(22)16(18(24)26-8)15(11-4-3-10(20)7-12(11)21)17-14(23)6-9(2)27-19(17)25/h3-7,15,22-23H,1-2H3. The molecule has 0 aliphatic rings. The Kier molecular flexibility index (Phi) is 5.04. The summed E-state index contributed by atoms with van der Waals surface area (Å²) in [4.78, 5) is 25.0. The summed E-state index contributed by atoms with van der Waals surface area (Å²) in [7, 11) is 0. The molecule has 0 aliphatic heterocycles. The maximum Gasteiger partial charge on any atom is 0.343 e. The molecule has 0 saturated heterocycles. The first-order valence-corrected chi connectivity index (χ1v) is 8.56. The fourth-order valence-corrected chi connectivity index (χ4v) is 3.45. The number of benzene rings is 1. The van der Waals surface area contributed by atoms with Crippen molar-refractivity contribution in [1.29, 1.82) is 0 Å². The summed E-state index contributed by atoms with van der Waals surface area (Å²) < 4.78 is 10.2. The van der Waals surface area contributed by atoms with Crippen molar-refractivity contribution in [1.82, 2.24) is 0 Å². The van der Waals surface area contributed by atoms with Crippen LogP contribution in [-0.4, -0.2) is 10.2 Å². The van der Waals surface area contributed by atoms with Crippen molar-refractivity contribution in [3.63, 3.8) is 0 Å². The molecule has 0 amide bonds. The van der Waals surface area contributed by atoms with E-state index in [1.54, 1.807) is 0 Å². The van der Waals surface area contributed by atoms with Crippen LogP contribution in [0.4, 0.5) is 0 Å². The lowest BCUT2D eigenvalue weighted by Crippen LogP contribution is -2.21. The number of halogens is 2. The van der Waals surface area contributed by atoms with Crippen LogP contribution < -0.4 is 11.3 Å². The van der Waals surface area contributed by atoms with Gasteiger partial charge < -0.3 is 19.0 Å². The van der Waals surface area contributed by atoms with Crippen LogP contribution in [0.1, 0.15) is 34.1 Å². The van der Waals surface area contributed by atoms with Crippen LogP contribution in [0.2, 0.25) is 10.0 Å². The van der Waals surface area contributed by atoms with Crippen molar-refractivity contribution in [3.05, 3.63) is 89.4 Å². The zero-order chi connectivity index (χ0) is 19.9. The monoisotopic (exact) mass is 408 g/mol. The van der Waals surface area contributed by atoms with Gasteiger partial charge in [-0.15, -0.1) is 0 Å². The first-order chi connectivity index (χ1) is 12.7. The fraction of sp³-hybridized carbons (Fsp3) is 0.158. The van der Waals surface area contributed by atoms with Gasteiger partial charge in [-0.3, -0.25) is 0 Å². The molecule has 2 aromatic heterocycles. The van der Waals surface area contributed by atoms with Crippen LogP contribution in [0.3, 0.4) is 0 Å². The highest BCUT2D eigenvalue weighted by Gasteiger charge is 2.32. The third-order valence-corrected chi connectivity index (χ3v) is 4.59. The van der Waals surface area contributed by atoms with Gasteiger partial charge in [-0.25, -0.2) is 9.59 Å². The lowest BCUT2D eigenvalue weighted by Gasteiger charge is -2.19. The Bertz CT molecular complexity index is 1080. The summed E-state index contributed by atoms with van der Waals surface area (Å²) in [6.45, 7) is 2.99. The first kappa shape index (κ1) is 19.1. The second-order valence-electron chi connectivity index (χ2n) is 5.99. The maximum atomic E-state index is 12.5. The summed E-state index contributed by atoms with van der Waals surface area (Å²) in [5, 5.41) is 21.3. The van der Waals surface area contributed by atoms with E-state index in [9.17, 15) is 19.8 Å². The lowest BCUT2D eigenvalue weighted by molar-refractivity contribution is 0.407. The number of rotatable bonds is 3. The van der Waals surface area contributed by atoms with Gasteiger partial charge in [0.05, 0.1) is 17.0 Å². The third-order valence-electron chi connectivity index (χ3n) is 4.03. The molecule has 140 valence electrons. The zero-order valence-corrected chi connectivity index (χ0v) is 15.8. The van der Waals surface area contributed by atoms with Crippen molar-refractivity contribution >= 4 is 23.2 Å².